The van der Waals surface area contributed by atoms with Gasteiger partial charge in [-0.1, -0.05) is 42.5 Å². The molecule has 6 heteroatoms. The highest BCUT2D eigenvalue weighted by atomic mass is 16.6. The Balaban J connectivity index is 1.75. The van der Waals surface area contributed by atoms with Crippen molar-refractivity contribution in [2.24, 2.45) is 5.73 Å². The quantitative estimate of drug-likeness (QED) is 0.507. The summed E-state index contributed by atoms with van der Waals surface area (Å²) in [5.74, 6) is 0. The van der Waals surface area contributed by atoms with Crippen molar-refractivity contribution in [2.75, 3.05) is 6.54 Å². The molecule has 0 aromatic heterocycles. The molecule has 0 aliphatic carbocycles. The summed E-state index contributed by atoms with van der Waals surface area (Å²) in [5.41, 5.74) is 8.09. The normalized spacial score (nSPS) is 13.5. The number of aliphatic hydroxyl groups excluding tert-OH is 1. The van der Waals surface area contributed by atoms with Gasteiger partial charge in [-0.05, 0) is 17.5 Å². The SMILES string of the molecule is NC(Cc1ccccc1)C(O)CNCc1ccc([N+](=O)[O-])cc1. The molecule has 23 heavy (non-hydrogen) atoms. The summed E-state index contributed by atoms with van der Waals surface area (Å²) in [6.07, 6.45) is -0.0467. The van der Waals surface area contributed by atoms with Gasteiger partial charge in [-0.15, -0.1) is 0 Å². The molecule has 0 aliphatic heterocycles. The standard InChI is InChI=1S/C17H21N3O3/c18-16(10-13-4-2-1-3-5-13)17(21)12-19-11-14-6-8-15(9-7-14)20(22)23/h1-9,16-17,19,21H,10-12,18H2. The third-order valence-corrected chi connectivity index (χ3v) is 3.64. The Morgan fingerprint density at radius 3 is 2.35 bits per heavy atom. The number of nitro groups is 1. The van der Waals surface area contributed by atoms with E-state index in [-0.39, 0.29) is 11.7 Å². The van der Waals surface area contributed by atoms with E-state index in [0.717, 1.165) is 11.1 Å². The largest absolute Gasteiger partial charge is 0.390 e. The van der Waals surface area contributed by atoms with Gasteiger partial charge in [-0.3, -0.25) is 10.1 Å². The fourth-order valence-electron chi connectivity index (χ4n) is 2.27. The highest BCUT2D eigenvalue weighted by molar-refractivity contribution is 5.32. The van der Waals surface area contributed by atoms with E-state index in [1.165, 1.54) is 12.1 Å². The zero-order valence-corrected chi connectivity index (χ0v) is 12.8. The van der Waals surface area contributed by atoms with E-state index in [1.807, 2.05) is 30.3 Å². The van der Waals surface area contributed by atoms with Crippen LogP contribution < -0.4 is 11.1 Å². The second-order valence-corrected chi connectivity index (χ2v) is 5.48. The van der Waals surface area contributed by atoms with Crippen LogP contribution in [0.5, 0.6) is 0 Å². The minimum atomic E-state index is -0.659. The predicted octanol–water partition coefficient (Wildman–Crippen LogP) is 1.62. The van der Waals surface area contributed by atoms with Gasteiger partial charge in [-0.2, -0.15) is 0 Å². The zero-order chi connectivity index (χ0) is 16.7. The highest BCUT2D eigenvalue weighted by Crippen LogP contribution is 2.11. The molecule has 2 unspecified atom stereocenters. The number of nitrogens with zero attached hydrogens (tertiary/aromatic N) is 1. The van der Waals surface area contributed by atoms with E-state index < -0.39 is 11.0 Å². The Bertz CT molecular complexity index is 617. The van der Waals surface area contributed by atoms with Crippen LogP contribution in [0.25, 0.3) is 0 Å². The monoisotopic (exact) mass is 315 g/mol. The number of nitrogens with two attached hydrogens (primary N) is 1. The number of hydrogen-bond donors (Lipinski definition) is 3. The number of nitrogens with one attached hydrogen (secondary N) is 1. The van der Waals surface area contributed by atoms with Crippen LogP contribution in [0.3, 0.4) is 0 Å². The van der Waals surface area contributed by atoms with Crippen LogP contribution >= 0.6 is 0 Å². The third-order valence-electron chi connectivity index (χ3n) is 3.64. The molecule has 0 aliphatic rings. The van der Waals surface area contributed by atoms with Crippen LogP contribution in [-0.2, 0) is 13.0 Å². The van der Waals surface area contributed by atoms with E-state index in [2.05, 4.69) is 5.32 Å². The predicted molar refractivity (Wildman–Crippen MR) is 88.9 cm³/mol. The molecule has 0 saturated heterocycles. The molecule has 0 fully saturated rings. The Hall–Kier alpha value is -2.28. The molecule has 2 aromatic rings. The van der Waals surface area contributed by atoms with Crippen LogP contribution in [-0.4, -0.2) is 28.7 Å². The minimum absolute atomic E-state index is 0.0682. The zero-order valence-electron chi connectivity index (χ0n) is 12.8. The van der Waals surface area contributed by atoms with Crippen LogP contribution in [0, 0.1) is 10.1 Å². The molecule has 4 N–H and O–H groups in total. The van der Waals surface area contributed by atoms with Gasteiger partial charge in [0.2, 0.25) is 0 Å². The van der Waals surface area contributed by atoms with Crippen molar-refractivity contribution in [1.82, 2.24) is 5.32 Å². The average Bonchev–Trinajstić information content (AvgIpc) is 2.56. The number of rotatable bonds is 8. The summed E-state index contributed by atoms with van der Waals surface area (Å²) in [6, 6.07) is 15.8. The van der Waals surface area contributed by atoms with Crippen LogP contribution in [0.15, 0.2) is 54.6 Å². The van der Waals surface area contributed by atoms with Crippen molar-refractivity contribution in [2.45, 2.75) is 25.1 Å². The number of non-ortho nitro benzene ring substituents is 1. The first kappa shape index (κ1) is 17.1. The van der Waals surface area contributed by atoms with E-state index >= 15 is 0 Å². The fraction of sp³-hybridized carbons (Fsp3) is 0.294. The molecule has 0 amide bonds. The van der Waals surface area contributed by atoms with Crippen LogP contribution in [0.4, 0.5) is 5.69 Å². The molecule has 2 rings (SSSR count). The maximum Gasteiger partial charge on any atom is 0.269 e. The fourth-order valence-corrected chi connectivity index (χ4v) is 2.27. The van der Waals surface area contributed by atoms with Crippen LogP contribution in [0.2, 0.25) is 0 Å². The summed E-state index contributed by atoms with van der Waals surface area (Å²) in [4.78, 5) is 10.2. The number of hydrogen-bond acceptors (Lipinski definition) is 5. The molecule has 0 bridgehead atoms. The van der Waals surface area contributed by atoms with E-state index in [0.29, 0.717) is 19.5 Å². The minimum Gasteiger partial charge on any atom is -0.390 e. The summed E-state index contributed by atoms with van der Waals surface area (Å²) in [7, 11) is 0. The van der Waals surface area contributed by atoms with Gasteiger partial charge in [0, 0.05) is 31.3 Å². The average molecular weight is 315 g/mol. The topological polar surface area (TPSA) is 101 Å². The van der Waals surface area contributed by atoms with Gasteiger partial charge in [0.15, 0.2) is 0 Å². The Morgan fingerprint density at radius 2 is 1.74 bits per heavy atom. The molecule has 0 radical (unpaired) electrons. The summed E-state index contributed by atoms with van der Waals surface area (Å²) in [6.45, 7) is 0.887. The van der Waals surface area contributed by atoms with Crippen molar-refractivity contribution < 1.29 is 10.0 Å². The summed E-state index contributed by atoms with van der Waals surface area (Å²) < 4.78 is 0. The van der Waals surface area contributed by atoms with E-state index in [4.69, 9.17) is 5.73 Å². The molecule has 2 atom stereocenters. The summed E-state index contributed by atoms with van der Waals surface area (Å²) >= 11 is 0. The molecule has 0 spiro atoms. The highest BCUT2D eigenvalue weighted by Gasteiger charge is 2.14. The molecule has 0 saturated carbocycles. The van der Waals surface area contributed by atoms with Crippen molar-refractivity contribution >= 4 is 5.69 Å². The Kier molecular flexibility index (Phi) is 6.22. The first-order valence-electron chi connectivity index (χ1n) is 7.48. The lowest BCUT2D eigenvalue weighted by atomic mass is 10.0. The summed E-state index contributed by atoms with van der Waals surface area (Å²) in [5, 5.41) is 23.8. The van der Waals surface area contributed by atoms with E-state index in [1.54, 1.807) is 12.1 Å². The first-order chi connectivity index (χ1) is 11.1. The maximum atomic E-state index is 10.6. The number of benzene rings is 2. The molecule has 6 nitrogen and oxygen atoms in total. The van der Waals surface area contributed by atoms with E-state index in [9.17, 15) is 15.2 Å². The number of nitro benzene ring substituents is 1. The van der Waals surface area contributed by atoms with Gasteiger partial charge in [-0.25, -0.2) is 0 Å². The van der Waals surface area contributed by atoms with Gasteiger partial charge in [0.1, 0.15) is 0 Å². The third kappa shape index (κ3) is 5.45. The van der Waals surface area contributed by atoms with Gasteiger partial charge in [0.05, 0.1) is 11.0 Å². The Morgan fingerprint density at radius 1 is 1.09 bits per heavy atom. The smallest absolute Gasteiger partial charge is 0.269 e. The second kappa shape index (κ2) is 8.38. The van der Waals surface area contributed by atoms with Crippen LogP contribution in [0.1, 0.15) is 11.1 Å². The van der Waals surface area contributed by atoms with Crippen molar-refractivity contribution in [3.63, 3.8) is 0 Å². The van der Waals surface area contributed by atoms with Gasteiger partial charge >= 0.3 is 0 Å². The molecule has 0 heterocycles. The lowest BCUT2D eigenvalue weighted by molar-refractivity contribution is -0.384. The lowest BCUT2D eigenvalue weighted by Crippen LogP contribution is -2.42. The van der Waals surface area contributed by atoms with Crippen molar-refractivity contribution in [3.05, 3.63) is 75.8 Å². The number of aliphatic hydroxyl groups is 1. The van der Waals surface area contributed by atoms with Gasteiger partial charge in [0.25, 0.3) is 5.69 Å². The van der Waals surface area contributed by atoms with Crippen molar-refractivity contribution in [3.8, 4) is 0 Å². The second-order valence-electron chi connectivity index (χ2n) is 5.48. The molecule has 2 aromatic carbocycles. The first-order valence-corrected chi connectivity index (χ1v) is 7.48. The molecular formula is C17H21N3O3. The lowest BCUT2D eigenvalue weighted by Gasteiger charge is -2.19. The van der Waals surface area contributed by atoms with Gasteiger partial charge < -0.3 is 16.2 Å². The molecule has 122 valence electrons. The maximum absolute atomic E-state index is 10.6. The molecular weight excluding hydrogens is 294 g/mol. The van der Waals surface area contributed by atoms with Crippen molar-refractivity contribution in [1.29, 1.82) is 0 Å². The Labute approximate surface area is 135 Å².